The van der Waals surface area contributed by atoms with Gasteiger partial charge < -0.3 is 4.90 Å². The topological polar surface area (TPSA) is 3.24 Å². The number of benzene rings is 1. The van der Waals surface area contributed by atoms with E-state index in [1.165, 1.54) is 6.07 Å². The van der Waals surface area contributed by atoms with Crippen molar-refractivity contribution in [3.8, 4) is 0 Å². The summed E-state index contributed by atoms with van der Waals surface area (Å²) in [6.07, 6.45) is -0.151. The molecule has 1 aromatic rings. The van der Waals surface area contributed by atoms with Crippen molar-refractivity contribution in [2.45, 2.75) is 19.3 Å². The van der Waals surface area contributed by atoms with Crippen LogP contribution < -0.4 is 4.90 Å². The van der Waals surface area contributed by atoms with Gasteiger partial charge in [0.25, 0.3) is 6.43 Å². The molecule has 1 fully saturated rings. The van der Waals surface area contributed by atoms with Crippen molar-refractivity contribution in [3.63, 3.8) is 0 Å². The molecule has 0 bridgehead atoms. The quantitative estimate of drug-likeness (QED) is 0.703. The lowest BCUT2D eigenvalue weighted by molar-refractivity contribution is 0.152. The minimum atomic E-state index is -2.37. The molecule has 0 aliphatic carbocycles. The van der Waals surface area contributed by atoms with Crippen LogP contribution in [0.5, 0.6) is 0 Å². The van der Waals surface area contributed by atoms with Gasteiger partial charge in [-0.15, -0.1) is 0 Å². The number of nitrogens with zero attached hydrogens (tertiary/aromatic N) is 1. The molecule has 1 aromatic carbocycles. The van der Waals surface area contributed by atoms with E-state index in [4.69, 9.17) is 0 Å². The van der Waals surface area contributed by atoms with Gasteiger partial charge in [0.05, 0.1) is 0 Å². The fourth-order valence-electron chi connectivity index (χ4n) is 1.92. The van der Waals surface area contributed by atoms with Crippen LogP contribution in [0.2, 0.25) is 0 Å². The lowest BCUT2D eigenvalue weighted by Gasteiger charge is -2.20. The fraction of sp³-hybridized carbons (Fsp3) is 0.455. The predicted molar refractivity (Wildman–Crippen MR) is 52.8 cm³/mol. The minimum Gasteiger partial charge on any atom is -0.371 e. The zero-order chi connectivity index (χ0) is 9.97. The van der Waals surface area contributed by atoms with Gasteiger partial charge in [-0.3, -0.25) is 0 Å². The molecule has 0 N–H and O–H groups in total. The van der Waals surface area contributed by atoms with E-state index in [1.54, 1.807) is 12.1 Å². The third-order valence-electron chi connectivity index (χ3n) is 2.62. The maximum Gasteiger partial charge on any atom is 0.265 e. The zero-order valence-electron chi connectivity index (χ0n) is 7.92. The molecule has 3 heteroatoms. The number of halogens is 2. The van der Waals surface area contributed by atoms with E-state index < -0.39 is 6.43 Å². The Morgan fingerprint density at radius 1 is 1.07 bits per heavy atom. The molecule has 1 heterocycles. The first-order valence-corrected chi connectivity index (χ1v) is 4.91. The van der Waals surface area contributed by atoms with Crippen molar-refractivity contribution < 1.29 is 8.78 Å². The summed E-state index contributed by atoms with van der Waals surface area (Å²) in [6, 6.07) is 6.78. The lowest BCUT2D eigenvalue weighted by atomic mass is 10.1. The average molecular weight is 197 g/mol. The molecule has 1 aliphatic rings. The first-order valence-electron chi connectivity index (χ1n) is 4.91. The molecule has 14 heavy (non-hydrogen) atoms. The van der Waals surface area contributed by atoms with E-state index in [1.807, 2.05) is 11.0 Å². The van der Waals surface area contributed by atoms with Gasteiger partial charge in [0, 0.05) is 24.3 Å². The molecule has 0 atom stereocenters. The molecule has 0 spiro atoms. The number of hydrogen-bond donors (Lipinski definition) is 0. The van der Waals surface area contributed by atoms with Gasteiger partial charge in [-0.05, 0) is 18.9 Å². The SMILES string of the molecule is FC(F)c1ccccc1N1CCCC1. The molecule has 1 nitrogen and oxygen atoms in total. The molecule has 0 saturated carbocycles. The first-order chi connectivity index (χ1) is 6.79. The molecule has 0 amide bonds. The second-order valence-electron chi connectivity index (χ2n) is 3.55. The lowest BCUT2D eigenvalue weighted by Crippen LogP contribution is -2.19. The monoisotopic (exact) mass is 197 g/mol. The van der Waals surface area contributed by atoms with Crippen molar-refractivity contribution in [2.24, 2.45) is 0 Å². The van der Waals surface area contributed by atoms with Crippen molar-refractivity contribution in [2.75, 3.05) is 18.0 Å². The van der Waals surface area contributed by atoms with Crippen molar-refractivity contribution in [1.82, 2.24) is 0 Å². The van der Waals surface area contributed by atoms with Gasteiger partial charge in [-0.2, -0.15) is 0 Å². The van der Waals surface area contributed by atoms with E-state index in [9.17, 15) is 8.78 Å². The molecule has 0 aromatic heterocycles. The second-order valence-corrected chi connectivity index (χ2v) is 3.55. The van der Waals surface area contributed by atoms with Crippen molar-refractivity contribution >= 4 is 5.69 Å². The highest BCUT2D eigenvalue weighted by molar-refractivity contribution is 5.54. The summed E-state index contributed by atoms with van der Waals surface area (Å²) in [5.41, 5.74) is 0.870. The zero-order valence-corrected chi connectivity index (χ0v) is 7.92. The third-order valence-corrected chi connectivity index (χ3v) is 2.62. The molecule has 0 unspecified atom stereocenters. The highest BCUT2D eigenvalue weighted by Gasteiger charge is 2.19. The van der Waals surface area contributed by atoms with Crippen LogP contribution in [-0.2, 0) is 0 Å². The van der Waals surface area contributed by atoms with Crippen LogP contribution in [0.4, 0.5) is 14.5 Å². The summed E-state index contributed by atoms with van der Waals surface area (Å²) >= 11 is 0. The summed E-state index contributed by atoms with van der Waals surface area (Å²) in [6.45, 7) is 1.81. The van der Waals surface area contributed by atoms with E-state index >= 15 is 0 Å². The predicted octanol–water partition coefficient (Wildman–Crippen LogP) is 3.22. The molecule has 1 saturated heterocycles. The van der Waals surface area contributed by atoms with Crippen LogP contribution in [-0.4, -0.2) is 13.1 Å². The number of para-hydroxylation sites is 1. The Bertz CT molecular complexity index is 306. The molecular formula is C11H13F2N. The maximum absolute atomic E-state index is 12.7. The fourth-order valence-corrected chi connectivity index (χ4v) is 1.92. The van der Waals surface area contributed by atoms with Crippen LogP contribution >= 0.6 is 0 Å². The largest absolute Gasteiger partial charge is 0.371 e. The summed E-state index contributed by atoms with van der Waals surface area (Å²) in [5, 5.41) is 0. The van der Waals surface area contributed by atoms with Gasteiger partial charge in [-0.1, -0.05) is 18.2 Å². The Morgan fingerprint density at radius 3 is 2.36 bits per heavy atom. The Balaban J connectivity index is 2.30. The summed E-state index contributed by atoms with van der Waals surface area (Å²) in [5.74, 6) is 0. The normalized spacial score (nSPS) is 16.6. The molecule has 76 valence electrons. The Kier molecular flexibility index (Phi) is 2.66. The molecule has 0 radical (unpaired) electrons. The Hall–Kier alpha value is -1.12. The summed E-state index contributed by atoms with van der Waals surface area (Å²) in [4.78, 5) is 2.04. The van der Waals surface area contributed by atoms with E-state index in [0.717, 1.165) is 25.9 Å². The third kappa shape index (κ3) is 1.72. The van der Waals surface area contributed by atoms with E-state index in [2.05, 4.69) is 0 Å². The second kappa shape index (κ2) is 3.95. The van der Waals surface area contributed by atoms with Crippen LogP contribution in [0.1, 0.15) is 24.8 Å². The summed E-state index contributed by atoms with van der Waals surface area (Å²) < 4.78 is 25.3. The highest BCUT2D eigenvalue weighted by atomic mass is 19.3. The average Bonchev–Trinajstić information content (AvgIpc) is 2.70. The van der Waals surface area contributed by atoms with Crippen molar-refractivity contribution in [3.05, 3.63) is 29.8 Å². The maximum atomic E-state index is 12.7. The minimum absolute atomic E-state index is 0.161. The Morgan fingerprint density at radius 2 is 1.71 bits per heavy atom. The van der Waals surface area contributed by atoms with Gasteiger partial charge >= 0.3 is 0 Å². The first kappa shape index (κ1) is 9.44. The van der Waals surface area contributed by atoms with Crippen LogP contribution in [0.3, 0.4) is 0 Å². The van der Waals surface area contributed by atoms with Crippen LogP contribution in [0.15, 0.2) is 24.3 Å². The van der Waals surface area contributed by atoms with E-state index in [-0.39, 0.29) is 5.56 Å². The van der Waals surface area contributed by atoms with Gasteiger partial charge in [0.1, 0.15) is 0 Å². The number of alkyl halides is 2. The molecular weight excluding hydrogens is 184 g/mol. The number of hydrogen-bond acceptors (Lipinski definition) is 1. The number of anilines is 1. The van der Waals surface area contributed by atoms with Crippen LogP contribution in [0.25, 0.3) is 0 Å². The van der Waals surface area contributed by atoms with Gasteiger partial charge in [0.2, 0.25) is 0 Å². The van der Waals surface area contributed by atoms with Gasteiger partial charge in [0.15, 0.2) is 0 Å². The highest BCUT2D eigenvalue weighted by Crippen LogP contribution is 2.31. The smallest absolute Gasteiger partial charge is 0.265 e. The number of rotatable bonds is 2. The van der Waals surface area contributed by atoms with Crippen molar-refractivity contribution in [1.29, 1.82) is 0 Å². The van der Waals surface area contributed by atoms with Gasteiger partial charge in [-0.25, -0.2) is 8.78 Å². The standard InChI is InChI=1S/C11H13F2N/c12-11(13)9-5-1-2-6-10(9)14-7-3-4-8-14/h1-2,5-6,11H,3-4,7-8H2. The van der Waals surface area contributed by atoms with E-state index in [0.29, 0.717) is 5.69 Å². The Labute approximate surface area is 82.3 Å². The molecule has 1 aliphatic heterocycles. The summed E-state index contributed by atoms with van der Waals surface area (Å²) in [7, 11) is 0. The molecule has 2 rings (SSSR count). The van der Waals surface area contributed by atoms with Crippen LogP contribution in [0, 0.1) is 0 Å².